The number of amides is 1. The fourth-order valence-corrected chi connectivity index (χ4v) is 4.49. The number of aromatic nitrogens is 1. The minimum Gasteiger partial charge on any atom is -0.375 e. The van der Waals surface area contributed by atoms with Crippen LogP contribution in [0.15, 0.2) is 6.20 Å². The van der Waals surface area contributed by atoms with Crippen LogP contribution >= 0.6 is 11.3 Å². The van der Waals surface area contributed by atoms with Crippen molar-refractivity contribution in [2.24, 2.45) is 5.92 Å². The van der Waals surface area contributed by atoms with Gasteiger partial charge in [-0.25, -0.2) is 4.98 Å². The van der Waals surface area contributed by atoms with E-state index in [1.165, 1.54) is 17.7 Å². The van der Waals surface area contributed by atoms with Crippen LogP contribution in [0.4, 0.5) is 5.13 Å². The van der Waals surface area contributed by atoms with E-state index in [9.17, 15) is 4.79 Å². The van der Waals surface area contributed by atoms with Crippen LogP contribution in [0.25, 0.3) is 0 Å². The van der Waals surface area contributed by atoms with Gasteiger partial charge in [-0.2, -0.15) is 0 Å². The van der Waals surface area contributed by atoms with Crippen LogP contribution in [0.2, 0.25) is 0 Å². The van der Waals surface area contributed by atoms with E-state index in [4.69, 9.17) is 5.73 Å². The van der Waals surface area contributed by atoms with Crippen molar-refractivity contribution in [1.29, 1.82) is 0 Å². The molecule has 2 unspecified atom stereocenters. The highest BCUT2D eigenvalue weighted by molar-refractivity contribution is 7.15. The summed E-state index contributed by atoms with van der Waals surface area (Å²) in [6.45, 7) is 7.61. The van der Waals surface area contributed by atoms with Gasteiger partial charge in [0.25, 0.3) is 0 Å². The Morgan fingerprint density at radius 1 is 1.33 bits per heavy atom. The molecule has 3 rings (SSSR count). The number of hydrogen-bond donors (Lipinski definition) is 2. The van der Waals surface area contributed by atoms with Crippen LogP contribution in [0.3, 0.4) is 0 Å². The minimum absolute atomic E-state index is 0.192. The Hall–Kier alpha value is -1.18. The lowest BCUT2D eigenvalue weighted by Crippen LogP contribution is -2.50. The highest BCUT2D eigenvalue weighted by Crippen LogP contribution is 2.23. The minimum atomic E-state index is 0.192. The molecule has 6 nitrogen and oxygen atoms in total. The maximum atomic E-state index is 12.3. The molecule has 2 aliphatic rings. The van der Waals surface area contributed by atoms with E-state index in [0.717, 1.165) is 51.5 Å². The molecule has 1 saturated heterocycles. The van der Waals surface area contributed by atoms with Crippen molar-refractivity contribution in [1.82, 2.24) is 20.1 Å². The van der Waals surface area contributed by atoms with Crippen molar-refractivity contribution in [3.63, 3.8) is 0 Å². The van der Waals surface area contributed by atoms with Gasteiger partial charge in [0, 0.05) is 49.8 Å². The number of nitrogens with two attached hydrogens (primary N) is 1. The summed E-state index contributed by atoms with van der Waals surface area (Å²) in [6.07, 6.45) is 6.69. The molecule has 2 heterocycles. The van der Waals surface area contributed by atoms with Gasteiger partial charge in [0.05, 0.1) is 6.54 Å². The third kappa shape index (κ3) is 5.16. The van der Waals surface area contributed by atoms with Gasteiger partial charge in [0.2, 0.25) is 5.91 Å². The lowest BCUT2D eigenvalue weighted by molar-refractivity contribution is -0.123. The predicted molar refractivity (Wildman–Crippen MR) is 97.8 cm³/mol. The highest BCUT2D eigenvalue weighted by atomic mass is 32.1. The number of nitrogen functional groups attached to an aromatic ring is 1. The molecule has 1 aliphatic carbocycles. The molecule has 3 N–H and O–H groups in total. The van der Waals surface area contributed by atoms with E-state index in [1.54, 1.807) is 11.3 Å². The summed E-state index contributed by atoms with van der Waals surface area (Å²) in [5.41, 5.74) is 5.68. The Labute approximate surface area is 148 Å². The van der Waals surface area contributed by atoms with E-state index >= 15 is 0 Å². The van der Waals surface area contributed by atoms with Crippen LogP contribution < -0.4 is 11.1 Å². The Morgan fingerprint density at radius 3 is 2.75 bits per heavy atom. The molecule has 1 aliphatic heterocycles. The zero-order valence-corrected chi connectivity index (χ0v) is 15.4. The summed E-state index contributed by atoms with van der Waals surface area (Å²) in [5, 5.41) is 3.87. The van der Waals surface area contributed by atoms with E-state index in [1.807, 2.05) is 6.20 Å². The molecule has 2 fully saturated rings. The van der Waals surface area contributed by atoms with Crippen LogP contribution in [-0.2, 0) is 11.3 Å². The van der Waals surface area contributed by atoms with Crippen molar-refractivity contribution >= 4 is 22.4 Å². The van der Waals surface area contributed by atoms with Crippen molar-refractivity contribution < 1.29 is 4.79 Å². The number of nitrogens with one attached hydrogen (secondary N) is 1. The summed E-state index contributed by atoms with van der Waals surface area (Å²) >= 11 is 1.56. The summed E-state index contributed by atoms with van der Waals surface area (Å²) < 4.78 is 0. The Kier molecular flexibility index (Phi) is 6.08. The maximum absolute atomic E-state index is 12.3. The largest absolute Gasteiger partial charge is 0.375 e. The van der Waals surface area contributed by atoms with Gasteiger partial charge in [-0.3, -0.25) is 14.6 Å². The van der Waals surface area contributed by atoms with Crippen molar-refractivity contribution in [2.45, 2.75) is 45.2 Å². The molecule has 24 heavy (non-hydrogen) atoms. The first-order valence-electron chi connectivity index (χ1n) is 9.03. The predicted octanol–water partition coefficient (Wildman–Crippen LogP) is 1.54. The van der Waals surface area contributed by atoms with Crippen molar-refractivity contribution in [2.75, 3.05) is 38.5 Å². The molecule has 0 aromatic carbocycles. The lowest BCUT2D eigenvalue weighted by atomic mass is 9.87. The average Bonchev–Trinajstić information content (AvgIpc) is 2.94. The van der Waals surface area contributed by atoms with Crippen LogP contribution in [0.1, 0.15) is 37.5 Å². The maximum Gasteiger partial charge on any atom is 0.234 e. The first kappa shape index (κ1) is 17.6. The van der Waals surface area contributed by atoms with E-state index in [2.05, 4.69) is 27.0 Å². The molecule has 1 amide bonds. The topological polar surface area (TPSA) is 74.5 Å². The fourth-order valence-electron chi connectivity index (χ4n) is 3.76. The quantitative estimate of drug-likeness (QED) is 0.842. The van der Waals surface area contributed by atoms with Crippen LogP contribution in [-0.4, -0.2) is 59.5 Å². The third-order valence-electron chi connectivity index (χ3n) is 5.08. The molecule has 1 saturated carbocycles. The highest BCUT2D eigenvalue weighted by Gasteiger charge is 2.23. The van der Waals surface area contributed by atoms with Gasteiger partial charge in [-0.05, 0) is 18.8 Å². The van der Waals surface area contributed by atoms with Gasteiger partial charge >= 0.3 is 0 Å². The molecule has 0 spiro atoms. The van der Waals surface area contributed by atoms with Crippen molar-refractivity contribution in [3.8, 4) is 0 Å². The van der Waals surface area contributed by atoms with Gasteiger partial charge < -0.3 is 11.1 Å². The van der Waals surface area contributed by atoms with Gasteiger partial charge in [0.15, 0.2) is 5.13 Å². The second-order valence-electron chi connectivity index (χ2n) is 7.25. The molecule has 0 bridgehead atoms. The second-order valence-corrected chi connectivity index (χ2v) is 8.40. The number of piperazine rings is 1. The fraction of sp³-hybridized carbons (Fsp3) is 0.765. The SMILES string of the molecule is CC1CCCC(NC(=O)CN2CCN(Cc3cnc(N)s3)CC2)C1. The molecular formula is C17H29N5OS. The zero-order chi connectivity index (χ0) is 16.9. The number of rotatable bonds is 5. The summed E-state index contributed by atoms with van der Waals surface area (Å²) in [5.74, 6) is 0.936. The molecule has 134 valence electrons. The second kappa shape index (κ2) is 8.27. The van der Waals surface area contributed by atoms with E-state index in [0.29, 0.717) is 17.7 Å². The third-order valence-corrected chi connectivity index (χ3v) is 5.90. The van der Waals surface area contributed by atoms with Gasteiger partial charge in [-0.1, -0.05) is 19.8 Å². The Bertz CT molecular complexity index is 541. The number of hydrogen-bond acceptors (Lipinski definition) is 6. The molecule has 2 atom stereocenters. The van der Waals surface area contributed by atoms with Crippen LogP contribution in [0, 0.1) is 5.92 Å². The summed E-state index contributed by atoms with van der Waals surface area (Å²) in [4.78, 5) is 22.3. The molecule has 7 heteroatoms. The number of anilines is 1. The van der Waals surface area contributed by atoms with Gasteiger partial charge in [0.1, 0.15) is 0 Å². The monoisotopic (exact) mass is 351 g/mol. The van der Waals surface area contributed by atoms with Crippen LogP contribution in [0.5, 0.6) is 0 Å². The normalized spacial score (nSPS) is 26.4. The van der Waals surface area contributed by atoms with Gasteiger partial charge in [-0.15, -0.1) is 11.3 Å². The zero-order valence-electron chi connectivity index (χ0n) is 14.5. The van der Waals surface area contributed by atoms with E-state index < -0.39 is 0 Å². The van der Waals surface area contributed by atoms with E-state index in [-0.39, 0.29) is 5.91 Å². The first-order valence-corrected chi connectivity index (χ1v) is 9.84. The summed E-state index contributed by atoms with van der Waals surface area (Å²) in [6, 6.07) is 0.388. The average molecular weight is 352 g/mol. The Balaban J connectivity index is 1.36. The molecule has 1 aromatic rings. The number of thiazole rings is 1. The standard InChI is InChI=1S/C17H29N5OS/c1-13-3-2-4-14(9-13)20-16(23)12-22-7-5-21(6-8-22)11-15-10-19-17(18)24-15/h10,13-14H,2-9,11-12H2,1H3,(H2,18,19)(H,20,23). The first-order chi connectivity index (χ1) is 11.6. The smallest absolute Gasteiger partial charge is 0.234 e. The summed E-state index contributed by atoms with van der Waals surface area (Å²) in [7, 11) is 0. The molecule has 0 radical (unpaired) electrons. The lowest BCUT2D eigenvalue weighted by Gasteiger charge is -2.34. The van der Waals surface area contributed by atoms with Crippen molar-refractivity contribution in [3.05, 3.63) is 11.1 Å². The molecular weight excluding hydrogens is 322 g/mol. The Morgan fingerprint density at radius 2 is 2.08 bits per heavy atom. The number of nitrogens with zero attached hydrogens (tertiary/aromatic N) is 3. The number of carbonyl (C=O) groups excluding carboxylic acids is 1. The number of carbonyl (C=O) groups is 1. The molecule has 1 aromatic heterocycles.